The van der Waals surface area contributed by atoms with Crippen molar-refractivity contribution in [2.75, 3.05) is 21.1 Å². The van der Waals surface area contributed by atoms with Gasteiger partial charge in [0.15, 0.2) is 0 Å². The predicted octanol–water partition coefficient (Wildman–Crippen LogP) is 0.426. The lowest BCUT2D eigenvalue weighted by molar-refractivity contribution is -0.129. The van der Waals surface area contributed by atoms with Gasteiger partial charge in [-0.3, -0.25) is 4.79 Å². The maximum Gasteiger partial charge on any atom is 0.242 e. The minimum absolute atomic E-state index is 0.0613. The van der Waals surface area contributed by atoms with Crippen molar-refractivity contribution in [2.45, 2.75) is 25.9 Å². The first-order valence-corrected chi connectivity index (χ1v) is 5.28. The number of carbonyl (C=O) groups excluding carboxylic acids is 1. The highest BCUT2D eigenvalue weighted by molar-refractivity contribution is 5.75. The van der Waals surface area contributed by atoms with Crippen LogP contribution in [-0.2, 0) is 16.9 Å². The Kier molecular flexibility index (Phi) is 3.70. The summed E-state index contributed by atoms with van der Waals surface area (Å²) < 4.78 is 1.87. The molecule has 0 fully saturated rings. The van der Waals surface area contributed by atoms with Gasteiger partial charge in [0, 0.05) is 14.1 Å². The lowest BCUT2D eigenvalue weighted by Crippen LogP contribution is -2.37. The van der Waals surface area contributed by atoms with Crippen molar-refractivity contribution < 1.29 is 4.79 Å². The van der Waals surface area contributed by atoms with Crippen molar-refractivity contribution in [3.63, 3.8) is 0 Å². The van der Waals surface area contributed by atoms with Gasteiger partial charge >= 0.3 is 0 Å². The normalized spacial score (nSPS) is 11.6. The topological polar surface area (TPSA) is 50.2 Å². The summed E-state index contributed by atoms with van der Waals surface area (Å²) in [5.74, 6) is 0.0613. The summed E-state index contributed by atoms with van der Waals surface area (Å²) in [6, 6.07) is 0. The molecule has 0 bridgehead atoms. The second-order valence-electron chi connectivity index (χ2n) is 4.57. The highest BCUT2D eigenvalue weighted by atomic mass is 16.2. The minimum atomic E-state index is -0.191. The molecule has 16 heavy (non-hydrogen) atoms. The van der Waals surface area contributed by atoms with Crippen LogP contribution >= 0.6 is 0 Å². The summed E-state index contributed by atoms with van der Waals surface area (Å²) in [6.07, 6.45) is 3.48. The molecule has 1 amide bonds. The quantitative estimate of drug-likeness (QED) is 0.806. The molecular formula is C11H20N4O. The highest BCUT2D eigenvalue weighted by Gasteiger charge is 2.23. The number of carbonyl (C=O) groups is 1. The third kappa shape index (κ3) is 2.61. The molecule has 0 saturated carbocycles. The molecule has 90 valence electrons. The minimum Gasteiger partial charge on any atom is -0.347 e. The third-order valence-electron chi connectivity index (χ3n) is 2.78. The van der Waals surface area contributed by atoms with E-state index in [4.69, 9.17) is 0 Å². The Morgan fingerprint density at radius 3 is 2.69 bits per heavy atom. The molecule has 1 heterocycles. The standard InChI is InChI=1S/C11H20N4O/c1-11(2,12-3)9-6-13-8-15(9)7-10(16)14(4)5/h6,8,12H,7H2,1-5H3. The molecule has 0 unspecified atom stereocenters. The van der Waals surface area contributed by atoms with Crippen LogP contribution in [-0.4, -0.2) is 41.5 Å². The monoisotopic (exact) mass is 224 g/mol. The molecule has 1 rings (SSSR count). The summed E-state index contributed by atoms with van der Waals surface area (Å²) in [6.45, 7) is 4.44. The van der Waals surface area contributed by atoms with E-state index < -0.39 is 0 Å². The highest BCUT2D eigenvalue weighted by Crippen LogP contribution is 2.18. The van der Waals surface area contributed by atoms with Crippen molar-refractivity contribution in [3.05, 3.63) is 18.2 Å². The fourth-order valence-electron chi connectivity index (χ4n) is 1.38. The number of amides is 1. The maximum atomic E-state index is 11.6. The van der Waals surface area contributed by atoms with Gasteiger partial charge in [-0.05, 0) is 20.9 Å². The van der Waals surface area contributed by atoms with Gasteiger partial charge in [0.1, 0.15) is 6.54 Å². The molecule has 0 atom stereocenters. The van der Waals surface area contributed by atoms with Gasteiger partial charge in [0.05, 0.1) is 23.8 Å². The summed E-state index contributed by atoms with van der Waals surface area (Å²) >= 11 is 0. The summed E-state index contributed by atoms with van der Waals surface area (Å²) in [7, 11) is 5.40. The SMILES string of the molecule is CNC(C)(C)c1cncn1CC(=O)N(C)C. The first-order chi connectivity index (χ1) is 7.38. The molecule has 0 aliphatic heterocycles. The zero-order chi connectivity index (χ0) is 12.3. The van der Waals surface area contributed by atoms with Gasteiger partial charge < -0.3 is 14.8 Å². The van der Waals surface area contributed by atoms with Crippen molar-refractivity contribution in [1.29, 1.82) is 0 Å². The molecule has 5 nitrogen and oxygen atoms in total. The second kappa shape index (κ2) is 4.65. The summed E-state index contributed by atoms with van der Waals surface area (Å²) in [5, 5.41) is 3.20. The zero-order valence-corrected chi connectivity index (χ0v) is 10.6. The average Bonchev–Trinajstić information content (AvgIpc) is 2.66. The largest absolute Gasteiger partial charge is 0.347 e. The fraction of sp³-hybridized carbons (Fsp3) is 0.636. The van der Waals surface area contributed by atoms with E-state index in [0.717, 1.165) is 5.69 Å². The number of hydrogen-bond donors (Lipinski definition) is 1. The first kappa shape index (κ1) is 12.7. The van der Waals surface area contributed by atoms with Crippen LogP contribution in [0.3, 0.4) is 0 Å². The molecule has 1 N–H and O–H groups in total. The van der Waals surface area contributed by atoms with E-state index in [0.29, 0.717) is 6.54 Å². The van der Waals surface area contributed by atoms with Gasteiger partial charge in [-0.1, -0.05) is 0 Å². The Morgan fingerprint density at radius 1 is 1.56 bits per heavy atom. The number of rotatable bonds is 4. The van der Waals surface area contributed by atoms with Gasteiger partial charge in [-0.2, -0.15) is 0 Å². The molecule has 0 aliphatic carbocycles. The second-order valence-corrected chi connectivity index (χ2v) is 4.57. The molecule has 0 aliphatic rings. The number of likely N-dealkylation sites (N-methyl/N-ethyl adjacent to an activating group) is 1. The third-order valence-corrected chi connectivity index (χ3v) is 2.78. The Labute approximate surface area is 96.5 Å². The molecule has 0 radical (unpaired) electrons. The van der Waals surface area contributed by atoms with Crippen LogP contribution in [0.4, 0.5) is 0 Å². The molecule has 1 aromatic heterocycles. The fourth-order valence-corrected chi connectivity index (χ4v) is 1.38. The van der Waals surface area contributed by atoms with Crippen LogP contribution in [0, 0.1) is 0 Å². The Hall–Kier alpha value is -1.36. The number of nitrogens with one attached hydrogen (secondary N) is 1. The number of nitrogens with zero attached hydrogens (tertiary/aromatic N) is 3. The van der Waals surface area contributed by atoms with Crippen molar-refractivity contribution in [2.24, 2.45) is 0 Å². The van der Waals surface area contributed by atoms with E-state index >= 15 is 0 Å². The maximum absolute atomic E-state index is 11.6. The van der Waals surface area contributed by atoms with Crippen LogP contribution in [0.2, 0.25) is 0 Å². The van der Waals surface area contributed by atoms with Gasteiger partial charge in [-0.25, -0.2) is 4.98 Å². The predicted molar refractivity (Wildman–Crippen MR) is 63.0 cm³/mol. The number of aromatic nitrogens is 2. The smallest absolute Gasteiger partial charge is 0.242 e. The molecular weight excluding hydrogens is 204 g/mol. The molecule has 5 heteroatoms. The van der Waals surface area contributed by atoms with Gasteiger partial charge in [0.25, 0.3) is 0 Å². The van der Waals surface area contributed by atoms with Crippen molar-refractivity contribution in [1.82, 2.24) is 19.8 Å². The first-order valence-electron chi connectivity index (χ1n) is 5.28. The summed E-state index contributed by atoms with van der Waals surface area (Å²) in [5.41, 5.74) is 0.813. The van der Waals surface area contributed by atoms with Crippen LogP contribution in [0.1, 0.15) is 19.5 Å². The van der Waals surface area contributed by atoms with E-state index in [9.17, 15) is 4.79 Å². The molecule has 0 spiro atoms. The van der Waals surface area contributed by atoms with Crippen LogP contribution < -0.4 is 5.32 Å². The van der Waals surface area contributed by atoms with E-state index in [-0.39, 0.29) is 11.4 Å². The summed E-state index contributed by atoms with van der Waals surface area (Å²) in [4.78, 5) is 17.3. The van der Waals surface area contributed by atoms with Crippen LogP contribution in [0.25, 0.3) is 0 Å². The van der Waals surface area contributed by atoms with Gasteiger partial charge in [-0.15, -0.1) is 0 Å². The zero-order valence-electron chi connectivity index (χ0n) is 10.6. The van der Waals surface area contributed by atoms with E-state index in [2.05, 4.69) is 24.1 Å². The van der Waals surface area contributed by atoms with Gasteiger partial charge in [0.2, 0.25) is 5.91 Å². The Morgan fingerprint density at radius 2 is 2.19 bits per heavy atom. The van der Waals surface area contributed by atoms with Crippen molar-refractivity contribution in [3.8, 4) is 0 Å². The Bertz CT molecular complexity index is 368. The Balaban J connectivity index is 2.91. The lowest BCUT2D eigenvalue weighted by atomic mass is 10.0. The van der Waals surface area contributed by atoms with E-state index in [1.807, 2.05) is 11.6 Å². The number of imidazole rings is 1. The lowest BCUT2D eigenvalue weighted by Gasteiger charge is -2.25. The van der Waals surface area contributed by atoms with E-state index in [1.54, 1.807) is 31.5 Å². The van der Waals surface area contributed by atoms with Crippen molar-refractivity contribution >= 4 is 5.91 Å². The number of hydrogen-bond acceptors (Lipinski definition) is 3. The molecule has 0 aromatic carbocycles. The average molecular weight is 224 g/mol. The van der Waals surface area contributed by atoms with E-state index in [1.165, 1.54) is 0 Å². The van der Waals surface area contributed by atoms with Crippen LogP contribution in [0.15, 0.2) is 12.5 Å². The van der Waals surface area contributed by atoms with Crippen LogP contribution in [0.5, 0.6) is 0 Å². The molecule has 1 aromatic rings. The molecule has 0 saturated heterocycles.